The Kier molecular flexibility index (Phi) is 6.17. The minimum absolute atomic E-state index is 0.349. The molecule has 2 unspecified atom stereocenters. The first-order valence-corrected chi connectivity index (χ1v) is 8.32. The Morgan fingerprint density at radius 1 is 1.04 bits per heavy atom. The maximum atomic E-state index is 3.93. The van der Waals surface area contributed by atoms with Crippen LogP contribution in [-0.4, -0.2) is 0 Å². The summed E-state index contributed by atoms with van der Waals surface area (Å²) in [5.41, 5.74) is 2.62. The topological polar surface area (TPSA) is 0 Å². The summed E-state index contributed by atoms with van der Waals surface area (Å²) < 4.78 is 0. The molecule has 0 aliphatic rings. The Hall–Kier alpha value is -2.34. The highest BCUT2D eigenvalue weighted by molar-refractivity contribution is 5.94. The molecule has 0 bridgehead atoms. The molecule has 0 amide bonds. The van der Waals surface area contributed by atoms with Crippen LogP contribution in [0.5, 0.6) is 0 Å². The summed E-state index contributed by atoms with van der Waals surface area (Å²) in [5, 5.41) is 2.57. The maximum Gasteiger partial charge on any atom is 0.00527 e. The van der Waals surface area contributed by atoms with E-state index in [1.807, 2.05) is 12.2 Å². The molecule has 0 nitrogen and oxygen atoms in total. The minimum atomic E-state index is 0.349. The zero-order valence-corrected chi connectivity index (χ0v) is 14.2. The Morgan fingerprint density at radius 2 is 1.78 bits per heavy atom. The van der Waals surface area contributed by atoms with E-state index in [0.29, 0.717) is 11.8 Å². The SMILES string of the molecule is C=CC=CC(/C(=C\C=C)c1cccc2ccccc12)C(C)CC. The molecule has 0 aliphatic carbocycles. The second-order valence-corrected chi connectivity index (χ2v) is 5.92. The van der Waals surface area contributed by atoms with Crippen molar-refractivity contribution in [2.75, 3.05) is 0 Å². The lowest BCUT2D eigenvalue weighted by atomic mass is 9.80. The van der Waals surface area contributed by atoms with Crippen LogP contribution in [0.1, 0.15) is 25.8 Å². The molecule has 0 heterocycles. The molecule has 2 aromatic rings. The Balaban J connectivity index is 2.64. The van der Waals surface area contributed by atoms with Gasteiger partial charge in [-0.1, -0.05) is 106 Å². The Bertz CT molecular complexity index is 725. The van der Waals surface area contributed by atoms with Crippen molar-refractivity contribution in [3.8, 4) is 0 Å². The summed E-state index contributed by atoms with van der Waals surface area (Å²) in [6.07, 6.45) is 11.4. The molecular weight excluding hydrogens is 276 g/mol. The van der Waals surface area contributed by atoms with Gasteiger partial charge in [0.15, 0.2) is 0 Å². The highest BCUT2D eigenvalue weighted by Gasteiger charge is 2.19. The van der Waals surface area contributed by atoms with Crippen LogP contribution >= 0.6 is 0 Å². The highest BCUT2D eigenvalue weighted by Crippen LogP contribution is 2.36. The number of hydrogen-bond donors (Lipinski definition) is 0. The van der Waals surface area contributed by atoms with Gasteiger partial charge in [-0.05, 0) is 27.8 Å². The fourth-order valence-corrected chi connectivity index (χ4v) is 3.04. The smallest absolute Gasteiger partial charge is 0.00527 e. The van der Waals surface area contributed by atoms with E-state index in [1.54, 1.807) is 0 Å². The predicted octanol–water partition coefficient (Wildman–Crippen LogP) is 6.81. The van der Waals surface area contributed by atoms with Crippen LogP contribution in [0, 0.1) is 11.8 Å². The quantitative estimate of drug-likeness (QED) is 0.493. The van der Waals surface area contributed by atoms with Gasteiger partial charge in [0.25, 0.3) is 0 Å². The van der Waals surface area contributed by atoms with Gasteiger partial charge in [-0.2, -0.15) is 0 Å². The first kappa shape index (κ1) is 17.0. The molecule has 2 atom stereocenters. The largest absolute Gasteiger partial charge is 0.0991 e. The molecule has 0 saturated heterocycles. The fourth-order valence-electron chi connectivity index (χ4n) is 3.04. The van der Waals surface area contributed by atoms with Crippen LogP contribution in [0.15, 0.2) is 86.0 Å². The molecule has 0 spiro atoms. The van der Waals surface area contributed by atoms with Gasteiger partial charge < -0.3 is 0 Å². The summed E-state index contributed by atoms with van der Waals surface area (Å²) in [7, 11) is 0. The molecular formula is C23H26. The number of allylic oxidation sites excluding steroid dienone is 6. The molecule has 2 aromatic carbocycles. The van der Waals surface area contributed by atoms with Gasteiger partial charge in [-0.25, -0.2) is 0 Å². The number of benzene rings is 2. The third-order valence-electron chi connectivity index (χ3n) is 4.47. The van der Waals surface area contributed by atoms with Crippen LogP contribution in [0.3, 0.4) is 0 Å². The molecule has 2 rings (SSSR count). The third kappa shape index (κ3) is 3.90. The monoisotopic (exact) mass is 302 g/mol. The van der Waals surface area contributed by atoms with Crippen LogP contribution in [0.2, 0.25) is 0 Å². The molecule has 23 heavy (non-hydrogen) atoms. The van der Waals surface area contributed by atoms with E-state index in [-0.39, 0.29) is 0 Å². The van der Waals surface area contributed by atoms with Gasteiger partial charge in [0.2, 0.25) is 0 Å². The molecule has 0 aliphatic heterocycles. The van der Waals surface area contributed by atoms with E-state index < -0.39 is 0 Å². The van der Waals surface area contributed by atoms with Crippen LogP contribution in [0.25, 0.3) is 16.3 Å². The van der Waals surface area contributed by atoms with E-state index in [1.165, 1.54) is 21.9 Å². The summed E-state index contributed by atoms with van der Waals surface area (Å²) in [6.45, 7) is 12.3. The first-order valence-electron chi connectivity index (χ1n) is 8.32. The summed E-state index contributed by atoms with van der Waals surface area (Å²) in [5.74, 6) is 0.901. The average Bonchev–Trinajstić information content (AvgIpc) is 2.60. The van der Waals surface area contributed by atoms with Crippen LogP contribution < -0.4 is 0 Å². The van der Waals surface area contributed by atoms with E-state index in [0.717, 1.165) is 6.42 Å². The molecule has 0 radical (unpaired) electrons. The zero-order chi connectivity index (χ0) is 16.7. The van der Waals surface area contributed by atoms with Gasteiger partial charge in [0.05, 0.1) is 0 Å². The average molecular weight is 302 g/mol. The van der Waals surface area contributed by atoms with Crippen LogP contribution in [-0.2, 0) is 0 Å². The summed E-state index contributed by atoms with van der Waals surface area (Å²) >= 11 is 0. The molecule has 0 N–H and O–H groups in total. The van der Waals surface area contributed by atoms with Crippen molar-refractivity contribution in [1.82, 2.24) is 0 Å². The Morgan fingerprint density at radius 3 is 2.48 bits per heavy atom. The van der Waals surface area contributed by atoms with Crippen molar-refractivity contribution in [1.29, 1.82) is 0 Å². The van der Waals surface area contributed by atoms with Crippen molar-refractivity contribution in [2.45, 2.75) is 20.3 Å². The second-order valence-electron chi connectivity index (χ2n) is 5.92. The zero-order valence-electron chi connectivity index (χ0n) is 14.2. The lowest BCUT2D eigenvalue weighted by molar-refractivity contribution is 0.494. The van der Waals surface area contributed by atoms with Crippen molar-refractivity contribution >= 4 is 16.3 Å². The van der Waals surface area contributed by atoms with Crippen molar-refractivity contribution in [3.05, 3.63) is 91.6 Å². The van der Waals surface area contributed by atoms with Crippen LogP contribution in [0.4, 0.5) is 0 Å². The third-order valence-corrected chi connectivity index (χ3v) is 4.47. The van der Waals surface area contributed by atoms with E-state index in [9.17, 15) is 0 Å². The number of fused-ring (bicyclic) bond motifs is 1. The lowest BCUT2D eigenvalue weighted by Crippen LogP contribution is -2.11. The van der Waals surface area contributed by atoms with Gasteiger partial charge in [-0.3, -0.25) is 0 Å². The van der Waals surface area contributed by atoms with Gasteiger partial charge in [0, 0.05) is 5.92 Å². The maximum absolute atomic E-state index is 3.93. The Labute approximate surface area is 140 Å². The van der Waals surface area contributed by atoms with E-state index in [4.69, 9.17) is 0 Å². The van der Waals surface area contributed by atoms with Gasteiger partial charge in [-0.15, -0.1) is 0 Å². The van der Waals surface area contributed by atoms with Gasteiger partial charge in [0.1, 0.15) is 0 Å². The molecule has 118 valence electrons. The standard InChI is InChI=1S/C23H26/c1-5-8-15-20(18(4)7-3)22(12-6-2)23-17-11-14-19-13-9-10-16-21(19)23/h5-6,8-18,20H,1-2,7H2,3-4H3/b15-8?,22-12+. The normalized spacial score (nSPS) is 14.8. The number of hydrogen-bond acceptors (Lipinski definition) is 0. The predicted molar refractivity (Wildman–Crippen MR) is 104 cm³/mol. The fraction of sp³-hybridized carbons (Fsp3) is 0.217. The minimum Gasteiger partial charge on any atom is -0.0991 e. The van der Waals surface area contributed by atoms with Crippen molar-refractivity contribution in [2.24, 2.45) is 11.8 Å². The molecule has 0 aromatic heterocycles. The lowest BCUT2D eigenvalue weighted by Gasteiger charge is -2.24. The summed E-state index contributed by atoms with van der Waals surface area (Å²) in [6, 6.07) is 15.1. The number of rotatable bonds is 7. The highest BCUT2D eigenvalue weighted by atomic mass is 14.2. The molecule has 0 heteroatoms. The van der Waals surface area contributed by atoms with E-state index >= 15 is 0 Å². The van der Waals surface area contributed by atoms with Gasteiger partial charge >= 0.3 is 0 Å². The van der Waals surface area contributed by atoms with E-state index in [2.05, 4.69) is 87.7 Å². The summed E-state index contributed by atoms with van der Waals surface area (Å²) in [4.78, 5) is 0. The first-order chi connectivity index (χ1) is 11.2. The second kappa shape index (κ2) is 8.33. The molecule has 0 fully saturated rings. The van der Waals surface area contributed by atoms with Crippen molar-refractivity contribution in [3.63, 3.8) is 0 Å². The van der Waals surface area contributed by atoms with Crippen molar-refractivity contribution < 1.29 is 0 Å². The molecule has 0 saturated carbocycles.